The van der Waals surface area contributed by atoms with E-state index in [1.165, 1.54) is 20.0 Å². The van der Waals surface area contributed by atoms with Crippen LogP contribution in [0.4, 0.5) is 0 Å². The summed E-state index contributed by atoms with van der Waals surface area (Å²) in [5, 5.41) is 2.88. The van der Waals surface area contributed by atoms with Gasteiger partial charge in [0, 0.05) is 26.6 Å². The van der Waals surface area contributed by atoms with Gasteiger partial charge in [-0.05, 0) is 5.92 Å². The zero-order valence-electron chi connectivity index (χ0n) is 9.99. The van der Waals surface area contributed by atoms with Gasteiger partial charge < -0.3 is 14.8 Å². The van der Waals surface area contributed by atoms with Gasteiger partial charge in [-0.1, -0.05) is 13.8 Å². The third-order valence-electron chi connectivity index (χ3n) is 1.89. The number of cyclic esters (lactones) is 2. The van der Waals surface area contributed by atoms with E-state index in [0.717, 1.165) is 0 Å². The minimum absolute atomic E-state index is 0.0972. The molecule has 0 aromatic heterocycles. The van der Waals surface area contributed by atoms with Gasteiger partial charge >= 0.3 is 11.9 Å². The average Bonchev–Trinajstić information content (AvgIpc) is 2.07. The summed E-state index contributed by atoms with van der Waals surface area (Å²) in [7, 11) is 0. The lowest BCUT2D eigenvalue weighted by molar-refractivity contribution is -0.222. The fraction of sp³-hybridized carbons (Fsp3) is 0.636. The molecule has 0 unspecified atom stereocenters. The van der Waals surface area contributed by atoms with Gasteiger partial charge in [0.15, 0.2) is 5.57 Å². The van der Waals surface area contributed by atoms with E-state index in [1.807, 2.05) is 13.8 Å². The first kappa shape index (κ1) is 12.5. The summed E-state index contributed by atoms with van der Waals surface area (Å²) in [6, 6.07) is 0. The Morgan fingerprint density at radius 2 is 1.75 bits per heavy atom. The quantitative estimate of drug-likeness (QED) is 0.442. The molecule has 1 saturated heterocycles. The zero-order valence-corrected chi connectivity index (χ0v) is 9.99. The molecule has 0 amide bonds. The topological polar surface area (TPSA) is 64.6 Å². The highest BCUT2D eigenvalue weighted by Crippen LogP contribution is 2.21. The summed E-state index contributed by atoms with van der Waals surface area (Å²) in [5.74, 6) is -2.07. The van der Waals surface area contributed by atoms with Gasteiger partial charge in [-0.15, -0.1) is 0 Å². The first-order valence-corrected chi connectivity index (χ1v) is 5.22. The highest BCUT2D eigenvalue weighted by molar-refractivity contribution is 6.15. The van der Waals surface area contributed by atoms with Gasteiger partial charge in [0.1, 0.15) is 0 Å². The number of nitrogens with one attached hydrogen (secondary N) is 1. The number of esters is 2. The van der Waals surface area contributed by atoms with Gasteiger partial charge in [0.05, 0.1) is 0 Å². The molecule has 1 heterocycles. The monoisotopic (exact) mass is 227 g/mol. The van der Waals surface area contributed by atoms with Crippen LogP contribution < -0.4 is 5.32 Å². The number of carbonyl (C=O) groups excluding carboxylic acids is 2. The molecule has 1 N–H and O–H groups in total. The molecule has 0 spiro atoms. The van der Waals surface area contributed by atoms with Crippen molar-refractivity contribution in [1.82, 2.24) is 5.32 Å². The Balaban J connectivity index is 2.67. The number of ether oxygens (including phenoxy) is 2. The molecule has 1 aliphatic rings. The first-order chi connectivity index (χ1) is 7.32. The van der Waals surface area contributed by atoms with Crippen LogP contribution in [0.1, 0.15) is 27.7 Å². The Morgan fingerprint density at radius 3 is 2.19 bits per heavy atom. The first-order valence-electron chi connectivity index (χ1n) is 5.22. The summed E-state index contributed by atoms with van der Waals surface area (Å²) in [6.07, 6.45) is 1.35. The highest BCUT2D eigenvalue weighted by Gasteiger charge is 2.38. The maximum Gasteiger partial charge on any atom is 0.350 e. The Kier molecular flexibility index (Phi) is 3.57. The predicted octanol–water partition coefficient (Wildman–Crippen LogP) is 0.952. The maximum atomic E-state index is 11.5. The SMILES string of the molecule is CC(C)CNC=C1C(=O)OC(C)(C)OC1=O. The number of carbonyl (C=O) groups is 2. The second-order valence-corrected chi connectivity index (χ2v) is 4.54. The number of hydrogen-bond acceptors (Lipinski definition) is 5. The molecule has 0 atom stereocenters. The summed E-state index contributed by atoms with van der Waals surface area (Å²) in [5.41, 5.74) is -0.0972. The van der Waals surface area contributed by atoms with E-state index < -0.39 is 17.7 Å². The molecule has 0 bridgehead atoms. The van der Waals surface area contributed by atoms with E-state index in [4.69, 9.17) is 9.47 Å². The lowest BCUT2D eigenvalue weighted by atomic mass is 10.2. The number of rotatable bonds is 3. The summed E-state index contributed by atoms with van der Waals surface area (Å²) < 4.78 is 9.85. The van der Waals surface area contributed by atoms with Gasteiger partial charge in [-0.25, -0.2) is 9.59 Å². The van der Waals surface area contributed by atoms with Crippen molar-refractivity contribution in [2.45, 2.75) is 33.5 Å². The van der Waals surface area contributed by atoms with Crippen LogP contribution >= 0.6 is 0 Å². The third-order valence-corrected chi connectivity index (χ3v) is 1.89. The molecule has 0 saturated carbocycles. The number of hydrogen-bond donors (Lipinski definition) is 1. The lowest BCUT2D eigenvalue weighted by Crippen LogP contribution is -2.42. The molecular formula is C11H17NO4. The Bertz CT molecular complexity index is 309. The van der Waals surface area contributed by atoms with Crippen LogP contribution in [-0.2, 0) is 19.1 Å². The molecule has 0 aromatic carbocycles. The molecule has 0 aromatic rings. The largest absolute Gasteiger partial charge is 0.419 e. The predicted molar refractivity (Wildman–Crippen MR) is 57.2 cm³/mol. The smallest absolute Gasteiger partial charge is 0.350 e. The zero-order chi connectivity index (χ0) is 12.3. The minimum Gasteiger partial charge on any atom is -0.419 e. The molecule has 16 heavy (non-hydrogen) atoms. The van der Waals surface area contributed by atoms with E-state index in [2.05, 4.69) is 5.32 Å². The molecule has 1 fully saturated rings. The molecule has 1 rings (SSSR count). The van der Waals surface area contributed by atoms with Crippen molar-refractivity contribution in [3.63, 3.8) is 0 Å². The van der Waals surface area contributed by atoms with Crippen LogP contribution in [0.3, 0.4) is 0 Å². The van der Waals surface area contributed by atoms with Crippen LogP contribution in [0.5, 0.6) is 0 Å². The second-order valence-electron chi connectivity index (χ2n) is 4.54. The van der Waals surface area contributed by atoms with Gasteiger partial charge in [-0.3, -0.25) is 0 Å². The van der Waals surface area contributed by atoms with Crippen molar-refractivity contribution < 1.29 is 19.1 Å². The maximum absolute atomic E-state index is 11.5. The fourth-order valence-corrected chi connectivity index (χ4v) is 1.18. The molecule has 1 aliphatic heterocycles. The Labute approximate surface area is 94.8 Å². The Morgan fingerprint density at radius 1 is 1.25 bits per heavy atom. The minimum atomic E-state index is -1.18. The van der Waals surface area contributed by atoms with Gasteiger partial charge in [0.25, 0.3) is 5.79 Å². The van der Waals surface area contributed by atoms with Gasteiger partial charge in [0.2, 0.25) is 0 Å². The van der Waals surface area contributed by atoms with Crippen LogP contribution in [0.2, 0.25) is 0 Å². The normalized spacial score (nSPS) is 19.2. The summed E-state index contributed by atoms with van der Waals surface area (Å²) in [6.45, 7) is 7.74. The highest BCUT2D eigenvalue weighted by atomic mass is 16.7. The van der Waals surface area contributed by atoms with Crippen molar-refractivity contribution in [3.8, 4) is 0 Å². The van der Waals surface area contributed by atoms with Crippen molar-refractivity contribution in [2.24, 2.45) is 5.92 Å². The lowest BCUT2D eigenvalue weighted by Gasteiger charge is -2.29. The summed E-state index contributed by atoms with van der Waals surface area (Å²) >= 11 is 0. The molecule has 0 radical (unpaired) electrons. The van der Waals surface area contributed by atoms with Crippen LogP contribution in [0, 0.1) is 5.92 Å². The fourth-order valence-electron chi connectivity index (χ4n) is 1.18. The average molecular weight is 227 g/mol. The van der Waals surface area contributed by atoms with Crippen LogP contribution in [0.25, 0.3) is 0 Å². The second kappa shape index (κ2) is 4.55. The van der Waals surface area contributed by atoms with Crippen molar-refractivity contribution in [1.29, 1.82) is 0 Å². The summed E-state index contributed by atoms with van der Waals surface area (Å²) in [4.78, 5) is 22.9. The van der Waals surface area contributed by atoms with Crippen molar-refractivity contribution >= 4 is 11.9 Å². The molecule has 90 valence electrons. The third kappa shape index (κ3) is 3.25. The molecule has 5 heteroatoms. The van der Waals surface area contributed by atoms with E-state index in [-0.39, 0.29) is 5.57 Å². The molecule has 0 aliphatic carbocycles. The van der Waals surface area contributed by atoms with Crippen LogP contribution in [-0.4, -0.2) is 24.3 Å². The van der Waals surface area contributed by atoms with Crippen molar-refractivity contribution in [3.05, 3.63) is 11.8 Å². The van der Waals surface area contributed by atoms with E-state index in [1.54, 1.807) is 0 Å². The van der Waals surface area contributed by atoms with Crippen LogP contribution in [0.15, 0.2) is 11.8 Å². The molecule has 5 nitrogen and oxygen atoms in total. The van der Waals surface area contributed by atoms with E-state index in [9.17, 15) is 9.59 Å². The van der Waals surface area contributed by atoms with Crippen molar-refractivity contribution in [2.75, 3.05) is 6.54 Å². The van der Waals surface area contributed by atoms with E-state index in [0.29, 0.717) is 12.5 Å². The Hall–Kier alpha value is -1.52. The van der Waals surface area contributed by atoms with E-state index >= 15 is 0 Å². The molecular weight excluding hydrogens is 210 g/mol. The van der Waals surface area contributed by atoms with Gasteiger partial charge in [-0.2, -0.15) is 0 Å². The standard InChI is InChI=1S/C11H17NO4/c1-7(2)5-12-6-8-9(13)15-11(3,4)16-10(8)14/h6-7,12H,5H2,1-4H3.